The zero-order valence-corrected chi connectivity index (χ0v) is 13.7. The number of halogens is 1. The molecule has 3 rings (SSSR count). The number of nitrogens with zero attached hydrogens (tertiary/aromatic N) is 2. The number of nitrogens with one attached hydrogen (secondary N) is 1. The van der Waals surface area contributed by atoms with Gasteiger partial charge in [0.05, 0.1) is 5.69 Å². The molecule has 1 aliphatic rings. The van der Waals surface area contributed by atoms with E-state index in [1.807, 2.05) is 38.3 Å². The van der Waals surface area contributed by atoms with Crippen LogP contribution in [-0.4, -0.2) is 28.0 Å². The lowest BCUT2D eigenvalue weighted by Crippen LogP contribution is -2.14. The van der Waals surface area contributed by atoms with E-state index in [4.69, 9.17) is 4.74 Å². The monoisotopic (exact) mass is 305 g/mol. The van der Waals surface area contributed by atoms with Crippen LogP contribution >= 0.6 is 0 Å². The number of aryl methyl sites for hydroxylation is 1. The number of hydrogen-bond donors (Lipinski definition) is 1. The molecule has 1 aliphatic heterocycles. The summed E-state index contributed by atoms with van der Waals surface area (Å²) in [5.74, 6) is 0.634. The summed E-state index contributed by atoms with van der Waals surface area (Å²) in [6.45, 7) is 9.54. The molecular formula is C17H24FN3O. The molecule has 1 unspecified atom stereocenters. The molecule has 0 amide bonds. The van der Waals surface area contributed by atoms with Gasteiger partial charge < -0.3 is 4.74 Å². The van der Waals surface area contributed by atoms with Crippen molar-refractivity contribution in [1.82, 2.24) is 14.8 Å². The topological polar surface area (TPSA) is 42.8 Å². The van der Waals surface area contributed by atoms with Crippen molar-refractivity contribution in [1.29, 1.82) is 0 Å². The van der Waals surface area contributed by atoms with Gasteiger partial charge >= 0.3 is 0 Å². The van der Waals surface area contributed by atoms with Gasteiger partial charge in [-0.25, -0.2) is 4.39 Å². The molecule has 0 spiro atoms. The van der Waals surface area contributed by atoms with Crippen LogP contribution in [0.1, 0.15) is 44.3 Å². The predicted molar refractivity (Wildman–Crippen MR) is 83.9 cm³/mol. The minimum Gasteiger partial charge on any atom is -0.381 e. The number of H-pyrrole nitrogens is 1. The summed E-state index contributed by atoms with van der Waals surface area (Å²) < 4.78 is 22.2. The van der Waals surface area contributed by atoms with Gasteiger partial charge in [-0.1, -0.05) is 20.8 Å². The van der Waals surface area contributed by atoms with Crippen molar-refractivity contribution >= 4 is 0 Å². The van der Waals surface area contributed by atoms with E-state index in [-0.39, 0.29) is 11.2 Å². The molecule has 0 bridgehead atoms. The first-order valence-corrected chi connectivity index (χ1v) is 7.87. The lowest BCUT2D eigenvalue weighted by Gasteiger charge is -2.16. The van der Waals surface area contributed by atoms with Gasteiger partial charge in [0.15, 0.2) is 11.6 Å². The molecule has 4 nitrogen and oxygen atoms in total. The zero-order chi connectivity index (χ0) is 15.9. The van der Waals surface area contributed by atoms with Crippen LogP contribution in [0.15, 0.2) is 12.1 Å². The highest BCUT2D eigenvalue weighted by molar-refractivity contribution is 5.36. The second-order valence-corrected chi connectivity index (χ2v) is 7.22. The number of aromatic nitrogens is 3. The molecule has 2 aromatic rings. The standard InChI is InChI=1S/C17H24FN3O/c1-11-5-6-13(9-12-7-8-22-10-12)21(11)16-14(18)15(19-20-16)17(2,3)4/h5-6,12H,7-10H2,1-4H3,(H,19,20). The molecule has 0 saturated carbocycles. The Morgan fingerprint density at radius 3 is 2.77 bits per heavy atom. The van der Waals surface area contributed by atoms with E-state index in [2.05, 4.69) is 16.3 Å². The molecule has 0 aliphatic carbocycles. The van der Waals surface area contributed by atoms with Crippen molar-refractivity contribution in [3.05, 3.63) is 35.0 Å². The van der Waals surface area contributed by atoms with Crippen LogP contribution in [0.2, 0.25) is 0 Å². The molecule has 0 aromatic carbocycles. The highest BCUT2D eigenvalue weighted by atomic mass is 19.1. The number of ether oxygens (including phenoxy) is 1. The summed E-state index contributed by atoms with van der Waals surface area (Å²) in [4.78, 5) is 0. The summed E-state index contributed by atoms with van der Waals surface area (Å²) in [7, 11) is 0. The fourth-order valence-electron chi connectivity index (χ4n) is 3.06. The summed E-state index contributed by atoms with van der Waals surface area (Å²) in [5, 5.41) is 7.13. The molecule has 5 heteroatoms. The summed E-state index contributed by atoms with van der Waals surface area (Å²) >= 11 is 0. The van der Waals surface area contributed by atoms with Gasteiger partial charge in [0.2, 0.25) is 0 Å². The normalized spacial score (nSPS) is 19.0. The van der Waals surface area contributed by atoms with Gasteiger partial charge in [-0.15, -0.1) is 0 Å². The highest BCUT2D eigenvalue weighted by Crippen LogP contribution is 2.29. The van der Waals surface area contributed by atoms with E-state index in [0.29, 0.717) is 17.4 Å². The SMILES string of the molecule is Cc1ccc(CC2CCOC2)n1-c1n[nH]c(C(C)(C)C)c1F. The Bertz CT molecular complexity index is 660. The van der Waals surface area contributed by atoms with Crippen molar-refractivity contribution in [2.45, 2.75) is 46.0 Å². The smallest absolute Gasteiger partial charge is 0.195 e. The van der Waals surface area contributed by atoms with E-state index in [1.54, 1.807) is 0 Å². The molecule has 1 atom stereocenters. The third-order valence-corrected chi connectivity index (χ3v) is 4.33. The first kappa shape index (κ1) is 15.3. The molecule has 2 aromatic heterocycles. The summed E-state index contributed by atoms with van der Waals surface area (Å²) in [6.07, 6.45) is 1.96. The first-order chi connectivity index (χ1) is 10.4. The maximum absolute atomic E-state index is 14.8. The molecule has 1 saturated heterocycles. The Morgan fingerprint density at radius 2 is 2.18 bits per heavy atom. The van der Waals surface area contributed by atoms with E-state index in [0.717, 1.165) is 37.4 Å². The van der Waals surface area contributed by atoms with E-state index in [9.17, 15) is 4.39 Å². The molecule has 120 valence electrons. The summed E-state index contributed by atoms with van der Waals surface area (Å²) in [6, 6.07) is 4.09. The third-order valence-electron chi connectivity index (χ3n) is 4.33. The highest BCUT2D eigenvalue weighted by Gasteiger charge is 2.27. The van der Waals surface area contributed by atoms with E-state index < -0.39 is 0 Å². The third kappa shape index (κ3) is 2.70. The fraction of sp³-hybridized carbons (Fsp3) is 0.588. The van der Waals surface area contributed by atoms with Gasteiger partial charge in [0.1, 0.15) is 0 Å². The first-order valence-electron chi connectivity index (χ1n) is 7.87. The van der Waals surface area contributed by atoms with Crippen molar-refractivity contribution in [2.24, 2.45) is 5.92 Å². The van der Waals surface area contributed by atoms with Crippen molar-refractivity contribution in [3.63, 3.8) is 0 Å². The second-order valence-electron chi connectivity index (χ2n) is 7.22. The summed E-state index contributed by atoms with van der Waals surface area (Å²) in [5.41, 5.74) is 2.35. The van der Waals surface area contributed by atoms with E-state index in [1.165, 1.54) is 0 Å². The lowest BCUT2D eigenvalue weighted by molar-refractivity contribution is 0.185. The molecule has 3 heterocycles. The maximum atomic E-state index is 14.8. The van der Waals surface area contributed by atoms with Crippen LogP contribution in [0.5, 0.6) is 0 Å². The minimum absolute atomic E-state index is 0.254. The zero-order valence-electron chi connectivity index (χ0n) is 13.7. The Kier molecular flexibility index (Phi) is 3.85. The number of rotatable bonds is 3. The Balaban J connectivity index is 1.98. The van der Waals surface area contributed by atoms with Gasteiger partial charge in [-0.3, -0.25) is 9.67 Å². The van der Waals surface area contributed by atoms with Crippen LogP contribution in [0, 0.1) is 18.7 Å². The van der Waals surface area contributed by atoms with E-state index >= 15 is 0 Å². The van der Waals surface area contributed by atoms with Crippen LogP contribution in [-0.2, 0) is 16.6 Å². The second kappa shape index (κ2) is 5.54. The quantitative estimate of drug-likeness (QED) is 0.942. The number of aromatic amines is 1. The van der Waals surface area contributed by atoms with Crippen LogP contribution < -0.4 is 0 Å². The molecular weight excluding hydrogens is 281 g/mol. The van der Waals surface area contributed by atoms with Gasteiger partial charge in [-0.05, 0) is 37.8 Å². The van der Waals surface area contributed by atoms with Crippen molar-refractivity contribution < 1.29 is 9.13 Å². The minimum atomic E-state index is -0.296. The largest absolute Gasteiger partial charge is 0.381 e. The predicted octanol–water partition coefficient (Wildman–Crippen LogP) is 3.52. The van der Waals surface area contributed by atoms with Crippen LogP contribution in [0.25, 0.3) is 5.82 Å². The average molecular weight is 305 g/mol. The molecule has 1 N–H and O–H groups in total. The Labute approximate surface area is 130 Å². The Morgan fingerprint density at radius 1 is 1.41 bits per heavy atom. The van der Waals surface area contributed by atoms with Gasteiger partial charge in [-0.2, -0.15) is 5.10 Å². The average Bonchev–Trinajstić information content (AvgIpc) is 3.12. The lowest BCUT2D eigenvalue weighted by atomic mass is 9.92. The van der Waals surface area contributed by atoms with Gasteiger partial charge in [0, 0.05) is 30.0 Å². The van der Waals surface area contributed by atoms with Gasteiger partial charge in [0.25, 0.3) is 0 Å². The number of hydrogen-bond acceptors (Lipinski definition) is 2. The van der Waals surface area contributed by atoms with Crippen molar-refractivity contribution in [3.8, 4) is 5.82 Å². The molecule has 0 radical (unpaired) electrons. The Hall–Kier alpha value is -1.62. The van der Waals surface area contributed by atoms with Crippen LogP contribution in [0.3, 0.4) is 0 Å². The molecule has 1 fully saturated rings. The van der Waals surface area contributed by atoms with Crippen molar-refractivity contribution in [2.75, 3.05) is 13.2 Å². The fourth-order valence-corrected chi connectivity index (χ4v) is 3.06. The van der Waals surface area contributed by atoms with Crippen LogP contribution in [0.4, 0.5) is 4.39 Å². The molecule has 22 heavy (non-hydrogen) atoms. The maximum Gasteiger partial charge on any atom is 0.195 e.